The Morgan fingerprint density at radius 2 is 1.91 bits per heavy atom. The van der Waals surface area contributed by atoms with E-state index in [0.717, 1.165) is 47.2 Å². The minimum Gasteiger partial charge on any atom is -0.481 e. The first-order valence-corrected chi connectivity index (χ1v) is 11.6. The van der Waals surface area contributed by atoms with Crippen molar-refractivity contribution in [1.29, 1.82) is 0 Å². The molecule has 0 amide bonds. The van der Waals surface area contributed by atoms with Crippen LogP contribution in [-0.2, 0) is 11.3 Å². The zero-order valence-electron chi connectivity index (χ0n) is 19.3. The number of allylic oxidation sites excluding steroid dienone is 4. The number of carbonyl (C=O) groups excluding carboxylic acids is 1. The lowest BCUT2D eigenvalue weighted by Crippen LogP contribution is -2.13. The van der Waals surface area contributed by atoms with Crippen molar-refractivity contribution in [3.63, 3.8) is 0 Å². The van der Waals surface area contributed by atoms with E-state index in [4.69, 9.17) is 5.11 Å². The minimum atomic E-state index is -1.01. The minimum absolute atomic E-state index is 0.0870. The van der Waals surface area contributed by atoms with E-state index in [0.29, 0.717) is 31.4 Å². The number of halogens is 1. The fourth-order valence-corrected chi connectivity index (χ4v) is 4.58. The number of hydrogen-bond acceptors (Lipinski definition) is 3. The maximum atomic E-state index is 13.7. The Morgan fingerprint density at radius 1 is 1.18 bits per heavy atom. The summed E-state index contributed by atoms with van der Waals surface area (Å²) in [6.07, 6.45) is 9.72. The number of carboxylic acids is 1. The van der Waals surface area contributed by atoms with Crippen LogP contribution in [0.5, 0.6) is 0 Å². The predicted octanol–water partition coefficient (Wildman–Crippen LogP) is 5.97. The molecule has 2 aromatic rings. The van der Waals surface area contributed by atoms with Gasteiger partial charge in [-0.1, -0.05) is 32.1 Å². The van der Waals surface area contributed by atoms with Crippen molar-refractivity contribution < 1.29 is 24.2 Å². The second kappa shape index (κ2) is 11.2. The molecule has 3 rings (SSSR count). The van der Waals surface area contributed by atoms with E-state index in [-0.39, 0.29) is 18.2 Å². The van der Waals surface area contributed by atoms with Crippen LogP contribution in [0.25, 0.3) is 16.8 Å². The highest BCUT2D eigenvalue weighted by molar-refractivity contribution is 5.97. The molecule has 0 fully saturated rings. The Balaban J connectivity index is 2.06. The molecule has 2 N–H and O–H groups in total. The zero-order chi connectivity index (χ0) is 24.0. The maximum absolute atomic E-state index is 13.7. The van der Waals surface area contributed by atoms with Crippen LogP contribution in [0.1, 0.15) is 79.9 Å². The maximum Gasteiger partial charge on any atom is 0.305 e. The summed E-state index contributed by atoms with van der Waals surface area (Å²) in [5.74, 6) is -1.24. The molecular formula is C27H32FNO4. The fourth-order valence-electron chi connectivity index (χ4n) is 4.58. The van der Waals surface area contributed by atoms with E-state index in [1.807, 2.05) is 0 Å². The zero-order valence-corrected chi connectivity index (χ0v) is 19.3. The SMILES string of the molecule is CC(C)c1c(C=O)c(C2=CCCC=C2)c(-c2ccc(F)cc2)n1CCCCC(O)CC(=O)O. The molecular weight excluding hydrogens is 421 g/mol. The van der Waals surface area contributed by atoms with Gasteiger partial charge in [-0.2, -0.15) is 0 Å². The Labute approximate surface area is 194 Å². The number of hydrogen-bond donors (Lipinski definition) is 2. The molecule has 1 aliphatic carbocycles. The summed E-state index contributed by atoms with van der Waals surface area (Å²) >= 11 is 0. The van der Waals surface area contributed by atoms with Gasteiger partial charge in [-0.15, -0.1) is 0 Å². The number of aliphatic hydroxyl groups excluding tert-OH is 1. The summed E-state index contributed by atoms with van der Waals surface area (Å²) in [7, 11) is 0. The van der Waals surface area contributed by atoms with Gasteiger partial charge < -0.3 is 14.8 Å². The Bertz CT molecular complexity index is 1050. The van der Waals surface area contributed by atoms with Crippen molar-refractivity contribution in [2.75, 3.05) is 0 Å². The second-order valence-corrected chi connectivity index (χ2v) is 8.84. The third-order valence-corrected chi connectivity index (χ3v) is 5.99. The van der Waals surface area contributed by atoms with Gasteiger partial charge in [0.1, 0.15) is 5.82 Å². The quantitative estimate of drug-likeness (QED) is 0.325. The monoisotopic (exact) mass is 453 g/mol. The van der Waals surface area contributed by atoms with Crippen LogP contribution in [0, 0.1) is 5.82 Å². The average molecular weight is 454 g/mol. The molecule has 0 saturated heterocycles. The molecule has 1 heterocycles. The fraction of sp³-hybridized carbons (Fsp3) is 0.407. The van der Waals surface area contributed by atoms with E-state index in [1.54, 1.807) is 12.1 Å². The molecule has 1 aliphatic rings. The number of aliphatic hydroxyl groups is 1. The summed E-state index contributed by atoms with van der Waals surface area (Å²) < 4.78 is 15.9. The van der Waals surface area contributed by atoms with Gasteiger partial charge >= 0.3 is 5.97 Å². The van der Waals surface area contributed by atoms with Crippen molar-refractivity contribution in [1.82, 2.24) is 4.57 Å². The summed E-state index contributed by atoms with van der Waals surface area (Å²) in [6.45, 7) is 4.72. The third kappa shape index (κ3) is 5.88. The average Bonchev–Trinajstić information content (AvgIpc) is 3.11. The highest BCUT2D eigenvalue weighted by Crippen LogP contribution is 2.40. The van der Waals surface area contributed by atoms with E-state index in [9.17, 15) is 19.1 Å². The standard InChI is InChI=1S/C27H32FNO4/c1-18(2)26-23(17-30)25(19-8-4-3-5-9-19)27(20-11-13-21(28)14-12-20)29(26)15-7-6-10-22(31)16-24(32)33/h4,8-9,11-14,17-18,22,31H,3,5-7,10,15-16H2,1-2H3,(H,32,33). The van der Waals surface area contributed by atoms with Crippen molar-refractivity contribution in [2.24, 2.45) is 0 Å². The van der Waals surface area contributed by atoms with E-state index < -0.39 is 12.1 Å². The number of rotatable bonds is 11. The highest BCUT2D eigenvalue weighted by atomic mass is 19.1. The van der Waals surface area contributed by atoms with Gasteiger partial charge in [0.15, 0.2) is 6.29 Å². The van der Waals surface area contributed by atoms with Gasteiger partial charge in [0.2, 0.25) is 0 Å². The lowest BCUT2D eigenvalue weighted by Gasteiger charge is -2.17. The van der Waals surface area contributed by atoms with Crippen LogP contribution >= 0.6 is 0 Å². The van der Waals surface area contributed by atoms with Crippen LogP contribution in [0.3, 0.4) is 0 Å². The molecule has 6 heteroatoms. The smallest absolute Gasteiger partial charge is 0.305 e. The van der Waals surface area contributed by atoms with Gasteiger partial charge in [-0.3, -0.25) is 9.59 Å². The topological polar surface area (TPSA) is 79.5 Å². The van der Waals surface area contributed by atoms with Gasteiger partial charge in [0, 0.05) is 23.4 Å². The summed E-state index contributed by atoms with van der Waals surface area (Å²) in [5.41, 5.74) is 5.21. The van der Waals surface area contributed by atoms with E-state index >= 15 is 0 Å². The number of benzene rings is 1. The van der Waals surface area contributed by atoms with Crippen LogP contribution in [0.2, 0.25) is 0 Å². The highest BCUT2D eigenvalue weighted by Gasteiger charge is 2.27. The normalized spacial score (nSPS) is 14.4. The van der Waals surface area contributed by atoms with Crippen molar-refractivity contribution in [3.8, 4) is 11.3 Å². The van der Waals surface area contributed by atoms with E-state index in [1.165, 1.54) is 12.1 Å². The largest absolute Gasteiger partial charge is 0.481 e. The molecule has 0 aliphatic heterocycles. The lowest BCUT2D eigenvalue weighted by molar-refractivity contribution is -0.139. The Hall–Kier alpha value is -2.99. The van der Waals surface area contributed by atoms with Gasteiger partial charge in [-0.25, -0.2) is 4.39 Å². The number of carbonyl (C=O) groups is 2. The number of unbranched alkanes of at least 4 members (excludes halogenated alkanes) is 1. The first-order chi connectivity index (χ1) is 15.8. The third-order valence-electron chi connectivity index (χ3n) is 5.99. The Kier molecular flexibility index (Phi) is 8.39. The molecule has 5 nitrogen and oxygen atoms in total. The molecule has 1 aromatic carbocycles. The number of carboxylic acid groups (broad SMARTS) is 1. The summed E-state index contributed by atoms with van der Waals surface area (Å²) in [6, 6.07) is 6.35. The Morgan fingerprint density at radius 3 is 2.48 bits per heavy atom. The molecule has 0 spiro atoms. The molecule has 1 atom stereocenters. The molecule has 1 unspecified atom stereocenters. The molecule has 0 saturated carbocycles. The van der Waals surface area contributed by atoms with Crippen LogP contribution < -0.4 is 0 Å². The molecule has 0 radical (unpaired) electrons. The molecule has 1 aromatic heterocycles. The van der Waals surface area contributed by atoms with Gasteiger partial charge in [0.25, 0.3) is 0 Å². The summed E-state index contributed by atoms with van der Waals surface area (Å²) in [4.78, 5) is 23.2. The van der Waals surface area contributed by atoms with Crippen LogP contribution in [0.4, 0.5) is 4.39 Å². The molecule has 33 heavy (non-hydrogen) atoms. The summed E-state index contributed by atoms with van der Waals surface area (Å²) in [5, 5.41) is 18.7. The van der Waals surface area contributed by atoms with Crippen LogP contribution in [-0.4, -0.2) is 33.1 Å². The molecule has 176 valence electrons. The van der Waals surface area contributed by atoms with Crippen LogP contribution in [0.15, 0.2) is 42.5 Å². The number of nitrogens with zero attached hydrogens (tertiary/aromatic N) is 1. The van der Waals surface area contributed by atoms with Gasteiger partial charge in [-0.05, 0) is 73.4 Å². The van der Waals surface area contributed by atoms with Crippen molar-refractivity contribution in [2.45, 2.75) is 70.9 Å². The van der Waals surface area contributed by atoms with Crippen molar-refractivity contribution >= 4 is 17.8 Å². The first-order valence-electron chi connectivity index (χ1n) is 11.6. The van der Waals surface area contributed by atoms with Crippen molar-refractivity contribution in [3.05, 3.63) is 65.1 Å². The lowest BCUT2D eigenvalue weighted by atomic mass is 9.92. The van der Waals surface area contributed by atoms with Gasteiger partial charge in [0.05, 0.1) is 18.2 Å². The van der Waals surface area contributed by atoms with E-state index in [2.05, 4.69) is 36.6 Å². The number of aromatic nitrogens is 1. The first kappa shape index (κ1) is 24.6. The number of aldehydes is 1. The predicted molar refractivity (Wildman–Crippen MR) is 128 cm³/mol. The molecule has 0 bridgehead atoms. The second-order valence-electron chi connectivity index (χ2n) is 8.84. The number of aliphatic carboxylic acids is 1.